The molecule has 0 N–H and O–H groups in total. The Kier molecular flexibility index (Phi) is 3.01. The van der Waals surface area contributed by atoms with Crippen LogP contribution in [0.3, 0.4) is 0 Å². The van der Waals surface area contributed by atoms with Crippen molar-refractivity contribution in [3.05, 3.63) is 28.3 Å². The molecule has 14 heavy (non-hydrogen) atoms. The normalized spacial score (nSPS) is 11.9. The fraction of sp³-hybridized carbons (Fsp3) is 0.538. The SMILES string of the molecule is Cc1cc(C)c(C(C)(C)C)c(S)c1C. The molecule has 0 aromatic heterocycles. The van der Waals surface area contributed by atoms with Crippen LogP contribution in [-0.4, -0.2) is 0 Å². The first-order valence-corrected chi connectivity index (χ1v) is 5.50. The minimum absolute atomic E-state index is 0.180. The Morgan fingerprint density at radius 2 is 1.50 bits per heavy atom. The molecule has 0 saturated carbocycles. The smallest absolute Gasteiger partial charge is 0.0112 e. The summed E-state index contributed by atoms with van der Waals surface area (Å²) < 4.78 is 0. The summed E-state index contributed by atoms with van der Waals surface area (Å²) in [7, 11) is 0. The van der Waals surface area contributed by atoms with Crippen LogP contribution >= 0.6 is 12.6 Å². The Balaban J connectivity index is 3.53. The van der Waals surface area contributed by atoms with Crippen molar-refractivity contribution in [1.82, 2.24) is 0 Å². The third-order valence-electron chi connectivity index (χ3n) is 2.76. The van der Waals surface area contributed by atoms with Crippen LogP contribution in [-0.2, 0) is 5.41 Å². The fourth-order valence-electron chi connectivity index (χ4n) is 2.01. The standard InChI is InChI=1S/C13H20S/c1-8-7-9(2)11(13(4,5)6)12(14)10(8)3/h7,14H,1-6H3. The van der Waals surface area contributed by atoms with E-state index >= 15 is 0 Å². The van der Waals surface area contributed by atoms with Gasteiger partial charge < -0.3 is 0 Å². The highest BCUT2D eigenvalue weighted by Gasteiger charge is 2.20. The van der Waals surface area contributed by atoms with Gasteiger partial charge in [-0.25, -0.2) is 0 Å². The molecule has 1 aromatic rings. The molecule has 0 aliphatic rings. The maximum atomic E-state index is 4.64. The lowest BCUT2D eigenvalue weighted by Gasteiger charge is -2.25. The highest BCUT2D eigenvalue weighted by Crippen LogP contribution is 2.34. The third kappa shape index (κ3) is 1.98. The van der Waals surface area contributed by atoms with E-state index in [0.29, 0.717) is 0 Å². The van der Waals surface area contributed by atoms with Crippen LogP contribution in [0.25, 0.3) is 0 Å². The number of thiol groups is 1. The van der Waals surface area contributed by atoms with E-state index < -0.39 is 0 Å². The van der Waals surface area contributed by atoms with Gasteiger partial charge in [0.1, 0.15) is 0 Å². The first-order chi connectivity index (χ1) is 6.25. The van der Waals surface area contributed by atoms with E-state index in [1.54, 1.807) is 0 Å². The van der Waals surface area contributed by atoms with Gasteiger partial charge in [0.15, 0.2) is 0 Å². The zero-order valence-electron chi connectivity index (χ0n) is 10.0. The second-order valence-electron chi connectivity index (χ2n) is 5.11. The van der Waals surface area contributed by atoms with Crippen LogP contribution in [0.1, 0.15) is 43.0 Å². The summed E-state index contributed by atoms with van der Waals surface area (Å²) in [6, 6.07) is 2.26. The molecule has 1 aromatic carbocycles. The molecule has 0 fully saturated rings. The molecule has 0 saturated heterocycles. The monoisotopic (exact) mass is 208 g/mol. The van der Waals surface area contributed by atoms with Crippen molar-refractivity contribution >= 4 is 12.6 Å². The largest absolute Gasteiger partial charge is 0.143 e. The van der Waals surface area contributed by atoms with Gasteiger partial charge in [0.05, 0.1) is 0 Å². The lowest BCUT2D eigenvalue weighted by molar-refractivity contribution is 0.572. The molecule has 0 atom stereocenters. The molecule has 0 radical (unpaired) electrons. The number of benzene rings is 1. The maximum Gasteiger partial charge on any atom is 0.0112 e. The quantitative estimate of drug-likeness (QED) is 0.607. The van der Waals surface area contributed by atoms with Crippen LogP contribution in [0.4, 0.5) is 0 Å². The number of hydrogen-bond donors (Lipinski definition) is 1. The minimum atomic E-state index is 0.180. The van der Waals surface area contributed by atoms with E-state index in [1.165, 1.54) is 22.3 Å². The predicted molar refractivity (Wildman–Crippen MR) is 66.6 cm³/mol. The number of aryl methyl sites for hydroxylation is 2. The zero-order valence-corrected chi connectivity index (χ0v) is 10.9. The van der Waals surface area contributed by atoms with Crippen LogP contribution in [0.2, 0.25) is 0 Å². The van der Waals surface area contributed by atoms with Gasteiger partial charge in [-0.15, -0.1) is 12.6 Å². The Labute approximate surface area is 93.1 Å². The van der Waals surface area contributed by atoms with Gasteiger partial charge in [0.25, 0.3) is 0 Å². The van der Waals surface area contributed by atoms with Gasteiger partial charge in [-0.2, -0.15) is 0 Å². The van der Waals surface area contributed by atoms with Crippen LogP contribution < -0.4 is 0 Å². The van der Waals surface area contributed by atoms with Crippen molar-refractivity contribution in [2.75, 3.05) is 0 Å². The summed E-state index contributed by atoms with van der Waals surface area (Å²) in [5.74, 6) is 0. The number of rotatable bonds is 0. The second kappa shape index (κ2) is 3.62. The van der Waals surface area contributed by atoms with E-state index in [4.69, 9.17) is 0 Å². The van der Waals surface area contributed by atoms with Gasteiger partial charge in [-0.05, 0) is 48.4 Å². The average Bonchev–Trinajstić information content (AvgIpc) is 1.97. The van der Waals surface area contributed by atoms with Crippen molar-refractivity contribution in [3.8, 4) is 0 Å². The molecule has 0 unspecified atom stereocenters. The van der Waals surface area contributed by atoms with Crippen LogP contribution in [0.15, 0.2) is 11.0 Å². The summed E-state index contributed by atoms with van der Waals surface area (Å²) >= 11 is 4.64. The Bertz CT molecular complexity index is 356. The molecule has 0 nitrogen and oxygen atoms in total. The second-order valence-corrected chi connectivity index (χ2v) is 5.56. The highest BCUT2D eigenvalue weighted by molar-refractivity contribution is 7.80. The van der Waals surface area contributed by atoms with Gasteiger partial charge >= 0.3 is 0 Å². The Hall–Kier alpha value is -0.430. The topological polar surface area (TPSA) is 0 Å². The lowest BCUT2D eigenvalue weighted by Crippen LogP contribution is -2.15. The molecule has 0 bridgehead atoms. The van der Waals surface area contributed by atoms with Crippen molar-refractivity contribution in [3.63, 3.8) is 0 Å². The summed E-state index contributed by atoms with van der Waals surface area (Å²) in [5, 5.41) is 0. The molecule has 0 aliphatic heterocycles. The minimum Gasteiger partial charge on any atom is -0.143 e. The predicted octanol–water partition coefficient (Wildman–Crippen LogP) is 4.20. The van der Waals surface area contributed by atoms with Crippen LogP contribution in [0.5, 0.6) is 0 Å². The van der Waals surface area contributed by atoms with Gasteiger partial charge in [0.2, 0.25) is 0 Å². The Morgan fingerprint density at radius 3 is 1.93 bits per heavy atom. The van der Waals surface area contributed by atoms with E-state index in [1.807, 2.05) is 0 Å². The molecule has 78 valence electrons. The molecule has 0 aliphatic carbocycles. The summed E-state index contributed by atoms with van der Waals surface area (Å²) in [6.07, 6.45) is 0. The molecule has 1 heteroatoms. The first-order valence-electron chi connectivity index (χ1n) is 5.05. The highest BCUT2D eigenvalue weighted by atomic mass is 32.1. The average molecular weight is 208 g/mol. The Morgan fingerprint density at radius 1 is 1.00 bits per heavy atom. The molecular formula is C13H20S. The van der Waals surface area contributed by atoms with E-state index in [9.17, 15) is 0 Å². The van der Waals surface area contributed by atoms with Crippen molar-refractivity contribution in [1.29, 1.82) is 0 Å². The summed E-state index contributed by atoms with van der Waals surface area (Å²) in [4.78, 5) is 1.16. The van der Waals surface area contributed by atoms with E-state index in [0.717, 1.165) is 4.90 Å². The van der Waals surface area contributed by atoms with Crippen molar-refractivity contribution in [2.24, 2.45) is 0 Å². The molecule has 0 heterocycles. The zero-order chi connectivity index (χ0) is 11.1. The summed E-state index contributed by atoms with van der Waals surface area (Å²) in [5.41, 5.74) is 5.55. The summed E-state index contributed by atoms with van der Waals surface area (Å²) in [6.45, 7) is 13.2. The lowest BCUT2D eigenvalue weighted by atomic mass is 9.82. The van der Waals surface area contributed by atoms with Gasteiger partial charge in [0, 0.05) is 4.90 Å². The van der Waals surface area contributed by atoms with Crippen molar-refractivity contribution < 1.29 is 0 Å². The van der Waals surface area contributed by atoms with Crippen LogP contribution in [0, 0.1) is 20.8 Å². The van der Waals surface area contributed by atoms with Gasteiger partial charge in [-0.1, -0.05) is 26.8 Å². The molecular weight excluding hydrogens is 188 g/mol. The first kappa shape index (κ1) is 11.6. The molecule has 0 spiro atoms. The van der Waals surface area contributed by atoms with Gasteiger partial charge in [-0.3, -0.25) is 0 Å². The van der Waals surface area contributed by atoms with E-state index in [2.05, 4.69) is 60.2 Å². The van der Waals surface area contributed by atoms with Crippen molar-refractivity contribution in [2.45, 2.75) is 51.9 Å². The maximum absolute atomic E-state index is 4.64. The third-order valence-corrected chi connectivity index (χ3v) is 3.32. The fourth-order valence-corrected chi connectivity index (χ4v) is 2.70. The number of hydrogen-bond acceptors (Lipinski definition) is 1. The molecule has 0 amide bonds. The molecule has 1 rings (SSSR count). The van der Waals surface area contributed by atoms with E-state index in [-0.39, 0.29) is 5.41 Å².